The summed E-state index contributed by atoms with van der Waals surface area (Å²) in [5.41, 5.74) is -2.81. The maximum absolute atomic E-state index is 12.7. The zero-order valence-electron chi connectivity index (χ0n) is 18.0. The highest BCUT2D eigenvalue weighted by atomic mass is 16.5. The summed E-state index contributed by atoms with van der Waals surface area (Å²) >= 11 is 0. The van der Waals surface area contributed by atoms with Gasteiger partial charge in [-0.05, 0) is 64.8 Å². The van der Waals surface area contributed by atoms with Crippen LogP contribution in [-0.2, 0) is 14.3 Å². The SMILES string of the molecule is CCOC(=O)[C@H](CC(=O)O)N(CC)C(C1(O)CCC(O)CC1)C1(O)CCC(O)CC1. The van der Waals surface area contributed by atoms with E-state index in [0.29, 0.717) is 25.7 Å². The molecule has 9 nitrogen and oxygen atoms in total. The Kier molecular flexibility index (Phi) is 8.64. The van der Waals surface area contributed by atoms with Crippen molar-refractivity contribution in [1.82, 2.24) is 4.90 Å². The molecule has 0 aliphatic heterocycles. The summed E-state index contributed by atoms with van der Waals surface area (Å²) in [5.74, 6) is -1.88. The van der Waals surface area contributed by atoms with Crippen molar-refractivity contribution in [1.29, 1.82) is 0 Å². The number of aliphatic hydroxyl groups is 4. The molecule has 0 aromatic carbocycles. The molecule has 0 saturated heterocycles. The lowest BCUT2D eigenvalue weighted by Crippen LogP contribution is -2.69. The van der Waals surface area contributed by atoms with Crippen molar-refractivity contribution in [3.63, 3.8) is 0 Å². The Morgan fingerprint density at radius 3 is 1.73 bits per heavy atom. The minimum atomic E-state index is -1.41. The molecule has 0 bridgehead atoms. The number of hydrogen-bond donors (Lipinski definition) is 5. The Balaban J connectivity index is 2.48. The molecule has 0 aromatic heterocycles. The van der Waals surface area contributed by atoms with Crippen LogP contribution in [0.2, 0.25) is 0 Å². The fraction of sp³-hybridized carbons (Fsp3) is 0.905. The number of carbonyl (C=O) groups excluding carboxylic acids is 1. The third kappa shape index (κ3) is 5.70. The zero-order chi connectivity index (χ0) is 22.5. The number of ether oxygens (including phenoxy) is 1. The summed E-state index contributed by atoms with van der Waals surface area (Å²) in [4.78, 5) is 25.8. The molecule has 2 rings (SSSR count). The lowest BCUT2D eigenvalue weighted by Gasteiger charge is -2.55. The molecule has 1 atom stereocenters. The van der Waals surface area contributed by atoms with E-state index in [1.807, 2.05) is 0 Å². The van der Waals surface area contributed by atoms with Gasteiger partial charge in [0.2, 0.25) is 0 Å². The molecule has 30 heavy (non-hydrogen) atoms. The number of carbonyl (C=O) groups is 2. The Morgan fingerprint density at radius 1 is 0.967 bits per heavy atom. The first kappa shape index (κ1) is 25.0. The highest BCUT2D eigenvalue weighted by Gasteiger charge is 2.56. The van der Waals surface area contributed by atoms with E-state index < -0.39 is 53.9 Å². The van der Waals surface area contributed by atoms with Gasteiger partial charge in [0.25, 0.3) is 0 Å². The maximum atomic E-state index is 12.7. The monoisotopic (exact) mass is 431 g/mol. The molecule has 0 radical (unpaired) electrons. The lowest BCUT2D eigenvalue weighted by atomic mass is 9.66. The summed E-state index contributed by atoms with van der Waals surface area (Å²) in [6, 6.07) is -2.09. The van der Waals surface area contributed by atoms with E-state index in [9.17, 15) is 35.1 Å². The second kappa shape index (κ2) is 10.4. The van der Waals surface area contributed by atoms with Crippen LogP contribution in [0.3, 0.4) is 0 Å². The van der Waals surface area contributed by atoms with Crippen LogP contribution < -0.4 is 0 Å². The fourth-order valence-electron chi connectivity index (χ4n) is 5.19. The smallest absolute Gasteiger partial charge is 0.323 e. The summed E-state index contributed by atoms with van der Waals surface area (Å²) in [6.07, 6.45) is 0.724. The first-order chi connectivity index (χ1) is 14.1. The molecule has 2 aliphatic rings. The third-order valence-electron chi connectivity index (χ3n) is 6.68. The van der Waals surface area contributed by atoms with Gasteiger partial charge in [0.1, 0.15) is 6.04 Å². The van der Waals surface area contributed by atoms with Crippen molar-refractivity contribution >= 4 is 11.9 Å². The van der Waals surface area contributed by atoms with Gasteiger partial charge in [-0.1, -0.05) is 6.92 Å². The first-order valence-corrected chi connectivity index (χ1v) is 11.0. The zero-order valence-corrected chi connectivity index (χ0v) is 18.0. The average molecular weight is 432 g/mol. The number of likely N-dealkylation sites (N-methyl/N-ethyl adjacent to an activating group) is 1. The van der Waals surface area contributed by atoms with Crippen LogP contribution in [0.5, 0.6) is 0 Å². The van der Waals surface area contributed by atoms with Gasteiger partial charge in [0, 0.05) is 0 Å². The molecule has 2 saturated carbocycles. The van der Waals surface area contributed by atoms with E-state index in [2.05, 4.69) is 0 Å². The molecule has 0 amide bonds. The molecule has 0 heterocycles. The second-order valence-electron chi connectivity index (χ2n) is 8.77. The van der Waals surface area contributed by atoms with Crippen LogP contribution in [0.25, 0.3) is 0 Å². The molecule has 174 valence electrons. The predicted molar refractivity (Wildman–Crippen MR) is 108 cm³/mol. The van der Waals surface area contributed by atoms with Gasteiger partial charge < -0.3 is 30.3 Å². The molecule has 5 N–H and O–H groups in total. The third-order valence-corrected chi connectivity index (χ3v) is 6.68. The van der Waals surface area contributed by atoms with E-state index >= 15 is 0 Å². The van der Waals surface area contributed by atoms with Crippen molar-refractivity contribution in [3.05, 3.63) is 0 Å². The normalized spacial score (nSPS) is 34.4. The molecule has 9 heteroatoms. The Hall–Kier alpha value is -1.26. The van der Waals surface area contributed by atoms with Crippen molar-refractivity contribution in [2.75, 3.05) is 13.2 Å². The summed E-state index contributed by atoms with van der Waals surface area (Å²) in [6.45, 7) is 3.69. The number of rotatable bonds is 9. The Bertz CT molecular complexity index is 554. The number of aliphatic carboxylic acids is 1. The minimum absolute atomic E-state index is 0.0874. The molecular weight excluding hydrogens is 394 g/mol. The number of carboxylic acids is 1. The number of carboxylic acid groups (broad SMARTS) is 1. The topological polar surface area (TPSA) is 148 Å². The summed E-state index contributed by atoms with van der Waals surface area (Å²) < 4.78 is 5.13. The van der Waals surface area contributed by atoms with Crippen LogP contribution in [0.1, 0.15) is 71.6 Å². The van der Waals surface area contributed by atoms with Crippen molar-refractivity contribution in [3.8, 4) is 0 Å². The number of esters is 1. The number of aliphatic hydroxyl groups excluding tert-OH is 2. The van der Waals surface area contributed by atoms with Crippen molar-refractivity contribution in [2.24, 2.45) is 0 Å². The van der Waals surface area contributed by atoms with Crippen LogP contribution in [0.4, 0.5) is 0 Å². The molecule has 2 fully saturated rings. The largest absolute Gasteiger partial charge is 0.481 e. The van der Waals surface area contributed by atoms with E-state index in [-0.39, 0.29) is 38.8 Å². The van der Waals surface area contributed by atoms with E-state index in [1.165, 1.54) is 0 Å². The molecule has 0 aromatic rings. The predicted octanol–water partition coefficient (Wildman–Crippen LogP) is 0.415. The summed E-state index contributed by atoms with van der Waals surface area (Å²) in [5, 5.41) is 52.6. The average Bonchev–Trinajstić information content (AvgIpc) is 2.69. The quantitative estimate of drug-likeness (QED) is 0.327. The van der Waals surface area contributed by atoms with Gasteiger partial charge in [-0.2, -0.15) is 0 Å². The van der Waals surface area contributed by atoms with Gasteiger partial charge in [0.05, 0.1) is 42.5 Å². The van der Waals surface area contributed by atoms with Gasteiger partial charge in [0.15, 0.2) is 0 Å². The van der Waals surface area contributed by atoms with Gasteiger partial charge in [-0.15, -0.1) is 0 Å². The van der Waals surface area contributed by atoms with Crippen molar-refractivity contribution < 1.29 is 39.9 Å². The first-order valence-electron chi connectivity index (χ1n) is 11.0. The lowest BCUT2D eigenvalue weighted by molar-refractivity contribution is -0.195. The van der Waals surface area contributed by atoms with Gasteiger partial charge in [-0.3, -0.25) is 14.5 Å². The Morgan fingerprint density at radius 2 is 1.40 bits per heavy atom. The molecule has 0 unspecified atom stereocenters. The molecule has 2 aliphatic carbocycles. The summed E-state index contributed by atoms with van der Waals surface area (Å²) in [7, 11) is 0. The highest BCUT2D eigenvalue weighted by molar-refractivity contribution is 5.82. The minimum Gasteiger partial charge on any atom is -0.481 e. The Labute approximate surface area is 177 Å². The van der Waals surface area contributed by atoms with E-state index in [1.54, 1.807) is 18.7 Å². The van der Waals surface area contributed by atoms with E-state index in [0.717, 1.165) is 0 Å². The second-order valence-corrected chi connectivity index (χ2v) is 8.77. The van der Waals surface area contributed by atoms with Crippen LogP contribution >= 0.6 is 0 Å². The maximum Gasteiger partial charge on any atom is 0.323 e. The highest BCUT2D eigenvalue weighted by Crippen LogP contribution is 2.44. The number of nitrogens with zero attached hydrogens (tertiary/aromatic N) is 1. The van der Waals surface area contributed by atoms with Gasteiger partial charge >= 0.3 is 11.9 Å². The van der Waals surface area contributed by atoms with Crippen LogP contribution in [0.15, 0.2) is 0 Å². The van der Waals surface area contributed by atoms with Crippen LogP contribution in [0, 0.1) is 0 Å². The van der Waals surface area contributed by atoms with E-state index in [4.69, 9.17) is 4.74 Å². The molecular formula is C21H37NO8. The standard InChI is InChI=1S/C21H37NO8/c1-3-22(16(13-17(25)26)18(27)30-4-2)19(20(28)9-5-14(23)6-10-20)21(29)11-7-15(24)8-12-21/h14-16,19,23-24,28-29H,3-13H2,1-2H3,(H,25,26)/t14?,15?,16-,19?,20?,21?/m0/s1. The van der Waals surface area contributed by atoms with Gasteiger partial charge in [-0.25, -0.2) is 0 Å². The fourth-order valence-corrected chi connectivity index (χ4v) is 5.19. The van der Waals surface area contributed by atoms with Crippen molar-refractivity contribution in [2.45, 2.75) is 107 Å². The van der Waals surface area contributed by atoms with Crippen LogP contribution in [-0.4, -0.2) is 91.0 Å². The molecule has 0 spiro atoms. The number of hydrogen-bond acceptors (Lipinski definition) is 8.